The van der Waals surface area contributed by atoms with Gasteiger partial charge in [0.15, 0.2) is 5.69 Å². The van der Waals surface area contributed by atoms with Gasteiger partial charge in [-0.25, -0.2) is 0 Å². The van der Waals surface area contributed by atoms with E-state index in [4.69, 9.17) is 4.74 Å². The quantitative estimate of drug-likeness (QED) is 0.654. The Balaban J connectivity index is 2.19. The molecule has 1 aromatic heterocycles. The van der Waals surface area contributed by atoms with Gasteiger partial charge in [-0.1, -0.05) is 0 Å². The molecule has 1 heterocycles. The molecule has 2 aromatic rings. The SMILES string of the molecule is COc1ccc(NC(=O)Cn2nc(C(F)(F)F)cc2C)c([N+](=O)[O-])c1. The van der Waals surface area contributed by atoms with Gasteiger partial charge >= 0.3 is 6.18 Å². The third kappa shape index (κ3) is 4.25. The summed E-state index contributed by atoms with van der Waals surface area (Å²) in [6, 6.07) is 4.61. The highest BCUT2D eigenvalue weighted by molar-refractivity contribution is 5.93. The molecule has 1 aromatic carbocycles. The summed E-state index contributed by atoms with van der Waals surface area (Å²) < 4.78 is 43.6. The molecule has 0 aliphatic heterocycles. The van der Waals surface area contributed by atoms with Crippen LogP contribution in [0, 0.1) is 17.0 Å². The van der Waals surface area contributed by atoms with Crippen molar-refractivity contribution in [2.45, 2.75) is 19.6 Å². The third-order valence-corrected chi connectivity index (χ3v) is 3.24. The standard InChI is InChI=1S/C14H13F3N4O4/c1-8-5-12(14(15,16)17)19-20(8)7-13(22)18-10-4-3-9(25-2)6-11(10)21(23)24/h3-6H,7H2,1-2H3,(H,18,22). The number of amides is 1. The third-order valence-electron chi connectivity index (χ3n) is 3.24. The van der Waals surface area contributed by atoms with Crippen molar-refractivity contribution in [1.82, 2.24) is 9.78 Å². The number of rotatable bonds is 5. The summed E-state index contributed by atoms with van der Waals surface area (Å²) in [6.07, 6.45) is -4.62. The van der Waals surface area contributed by atoms with Gasteiger partial charge in [-0.15, -0.1) is 0 Å². The molecule has 2 rings (SSSR count). The first-order valence-corrected chi connectivity index (χ1v) is 6.85. The van der Waals surface area contributed by atoms with Gasteiger partial charge in [-0.05, 0) is 25.1 Å². The van der Waals surface area contributed by atoms with Crippen molar-refractivity contribution < 1.29 is 27.6 Å². The van der Waals surface area contributed by atoms with Gasteiger partial charge in [-0.2, -0.15) is 18.3 Å². The van der Waals surface area contributed by atoms with Gasteiger partial charge in [-0.3, -0.25) is 19.6 Å². The number of anilines is 1. The van der Waals surface area contributed by atoms with Crippen molar-refractivity contribution in [2.75, 3.05) is 12.4 Å². The van der Waals surface area contributed by atoms with E-state index >= 15 is 0 Å². The zero-order chi connectivity index (χ0) is 18.8. The van der Waals surface area contributed by atoms with E-state index in [2.05, 4.69) is 10.4 Å². The summed E-state index contributed by atoms with van der Waals surface area (Å²) in [6.45, 7) is 0.844. The maximum absolute atomic E-state index is 12.6. The van der Waals surface area contributed by atoms with Crippen LogP contribution in [0.3, 0.4) is 0 Å². The summed E-state index contributed by atoms with van der Waals surface area (Å²) in [4.78, 5) is 22.4. The molecule has 11 heteroatoms. The van der Waals surface area contributed by atoms with Crippen LogP contribution >= 0.6 is 0 Å². The van der Waals surface area contributed by atoms with Gasteiger partial charge in [0.2, 0.25) is 5.91 Å². The van der Waals surface area contributed by atoms with Crippen molar-refractivity contribution in [3.8, 4) is 5.75 Å². The smallest absolute Gasteiger partial charge is 0.435 e. The second-order valence-corrected chi connectivity index (χ2v) is 5.01. The molecule has 25 heavy (non-hydrogen) atoms. The van der Waals surface area contributed by atoms with E-state index in [0.717, 1.165) is 16.8 Å². The largest absolute Gasteiger partial charge is 0.496 e. The van der Waals surface area contributed by atoms with Gasteiger partial charge in [0.25, 0.3) is 5.69 Å². The molecule has 134 valence electrons. The van der Waals surface area contributed by atoms with E-state index in [1.165, 1.54) is 26.2 Å². The van der Waals surface area contributed by atoms with E-state index in [1.54, 1.807) is 0 Å². The second kappa shape index (κ2) is 6.79. The molecule has 0 saturated heterocycles. The molecule has 0 atom stereocenters. The fourth-order valence-electron chi connectivity index (χ4n) is 2.03. The van der Waals surface area contributed by atoms with Crippen LogP contribution in [-0.4, -0.2) is 27.7 Å². The number of aromatic nitrogens is 2. The Bertz CT molecular complexity index is 817. The molecule has 0 saturated carbocycles. The molecule has 0 aliphatic carbocycles. The number of aryl methyl sites for hydroxylation is 1. The van der Waals surface area contributed by atoms with E-state index in [1.807, 2.05) is 0 Å². The monoisotopic (exact) mass is 358 g/mol. The highest BCUT2D eigenvalue weighted by Gasteiger charge is 2.34. The van der Waals surface area contributed by atoms with E-state index in [9.17, 15) is 28.1 Å². The summed E-state index contributed by atoms with van der Waals surface area (Å²) in [5.74, 6) is -0.532. The van der Waals surface area contributed by atoms with Gasteiger partial charge in [0.1, 0.15) is 18.0 Å². The first-order chi connectivity index (χ1) is 11.6. The van der Waals surface area contributed by atoms with Gasteiger partial charge in [0.05, 0.1) is 18.1 Å². The predicted octanol–water partition coefficient (Wildman–Crippen LogP) is 2.77. The van der Waals surface area contributed by atoms with Crippen molar-refractivity contribution in [3.05, 3.63) is 45.8 Å². The van der Waals surface area contributed by atoms with Crippen molar-refractivity contribution in [1.29, 1.82) is 0 Å². The fraction of sp³-hybridized carbons (Fsp3) is 0.286. The second-order valence-electron chi connectivity index (χ2n) is 5.01. The zero-order valence-corrected chi connectivity index (χ0v) is 13.1. The van der Waals surface area contributed by atoms with Crippen molar-refractivity contribution in [3.63, 3.8) is 0 Å². The van der Waals surface area contributed by atoms with Crippen LogP contribution in [0.2, 0.25) is 0 Å². The Morgan fingerprint density at radius 1 is 1.40 bits per heavy atom. The van der Waals surface area contributed by atoms with Crippen LogP contribution in [0.4, 0.5) is 24.5 Å². The molecule has 1 N–H and O–H groups in total. The van der Waals surface area contributed by atoms with Crippen LogP contribution < -0.4 is 10.1 Å². The number of nitrogens with zero attached hydrogens (tertiary/aromatic N) is 3. The van der Waals surface area contributed by atoms with E-state index in [-0.39, 0.29) is 17.1 Å². The maximum atomic E-state index is 12.6. The lowest BCUT2D eigenvalue weighted by molar-refractivity contribution is -0.384. The number of benzene rings is 1. The maximum Gasteiger partial charge on any atom is 0.435 e. The lowest BCUT2D eigenvalue weighted by atomic mass is 10.2. The average Bonchev–Trinajstić information content (AvgIpc) is 2.88. The Hall–Kier alpha value is -3.11. The molecule has 0 spiro atoms. The minimum atomic E-state index is -4.62. The topological polar surface area (TPSA) is 99.3 Å². The number of methoxy groups -OCH3 is 1. The number of nitro benzene ring substituents is 1. The molecule has 0 bridgehead atoms. The normalized spacial score (nSPS) is 11.2. The highest BCUT2D eigenvalue weighted by atomic mass is 19.4. The first kappa shape index (κ1) is 18.2. The average molecular weight is 358 g/mol. The number of carbonyl (C=O) groups is 1. The zero-order valence-electron chi connectivity index (χ0n) is 13.1. The Kier molecular flexibility index (Phi) is 4.95. The summed E-state index contributed by atoms with van der Waals surface area (Å²) in [7, 11) is 1.33. The van der Waals surface area contributed by atoms with Gasteiger partial charge < -0.3 is 10.1 Å². The van der Waals surface area contributed by atoms with Crippen LogP contribution in [0.15, 0.2) is 24.3 Å². The van der Waals surface area contributed by atoms with Crippen LogP contribution in [0.25, 0.3) is 0 Å². The molecular formula is C14H13F3N4O4. The molecule has 8 nitrogen and oxygen atoms in total. The van der Waals surface area contributed by atoms with Crippen molar-refractivity contribution >= 4 is 17.3 Å². The fourth-order valence-corrected chi connectivity index (χ4v) is 2.03. The number of nitrogens with one attached hydrogen (secondary N) is 1. The van der Waals surface area contributed by atoms with Crippen LogP contribution in [0.1, 0.15) is 11.4 Å². The summed E-state index contributed by atoms with van der Waals surface area (Å²) in [5, 5.41) is 16.7. The highest BCUT2D eigenvalue weighted by Crippen LogP contribution is 2.30. The lowest BCUT2D eigenvalue weighted by Crippen LogP contribution is -2.21. The summed E-state index contributed by atoms with van der Waals surface area (Å²) >= 11 is 0. The number of alkyl halides is 3. The number of ether oxygens (including phenoxy) is 1. The Morgan fingerprint density at radius 2 is 2.08 bits per heavy atom. The minimum Gasteiger partial charge on any atom is -0.496 e. The summed E-state index contributed by atoms with van der Waals surface area (Å²) in [5.41, 5.74) is -1.49. The van der Waals surface area contributed by atoms with E-state index < -0.39 is 34.9 Å². The predicted molar refractivity (Wildman–Crippen MR) is 80.2 cm³/mol. The van der Waals surface area contributed by atoms with Crippen molar-refractivity contribution in [2.24, 2.45) is 0 Å². The molecule has 0 unspecified atom stereocenters. The number of nitro groups is 1. The molecule has 0 aliphatic rings. The minimum absolute atomic E-state index is 0.100. The lowest BCUT2D eigenvalue weighted by Gasteiger charge is -2.08. The number of halogens is 3. The van der Waals surface area contributed by atoms with Gasteiger partial charge in [0, 0.05) is 5.69 Å². The number of hydrogen-bond donors (Lipinski definition) is 1. The first-order valence-electron chi connectivity index (χ1n) is 6.85. The van der Waals surface area contributed by atoms with Crippen LogP contribution in [0.5, 0.6) is 5.75 Å². The number of carbonyl (C=O) groups excluding carboxylic acids is 1. The molecule has 0 radical (unpaired) electrons. The number of hydrogen-bond acceptors (Lipinski definition) is 5. The molecule has 0 fully saturated rings. The molecule has 1 amide bonds. The Morgan fingerprint density at radius 3 is 2.60 bits per heavy atom. The van der Waals surface area contributed by atoms with Crippen LogP contribution in [-0.2, 0) is 17.5 Å². The molecular weight excluding hydrogens is 345 g/mol. The van der Waals surface area contributed by atoms with E-state index in [0.29, 0.717) is 0 Å². The Labute approximate surface area is 139 Å².